The molecule has 0 spiro atoms. The van der Waals surface area contributed by atoms with E-state index in [-0.39, 0.29) is 11.8 Å². The third-order valence-corrected chi connectivity index (χ3v) is 5.24. The number of nitrogens with one attached hydrogen (secondary N) is 3. The molecule has 0 aliphatic carbocycles. The summed E-state index contributed by atoms with van der Waals surface area (Å²) in [6, 6.07) is 1.95. The number of hydrogen-bond donors (Lipinski definition) is 3. The Kier molecular flexibility index (Phi) is 5.03. The Hall–Kier alpha value is -2.19. The summed E-state index contributed by atoms with van der Waals surface area (Å²) in [5.74, 6) is 1.34. The van der Waals surface area contributed by atoms with E-state index in [1.54, 1.807) is 6.20 Å². The first-order chi connectivity index (χ1) is 12.8. The molecule has 0 atom stereocenters. The van der Waals surface area contributed by atoms with Crippen molar-refractivity contribution in [3.05, 3.63) is 23.5 Å². The number of anilines is 1. The van der Waals surface area contributed by atoms with Crippen LogP contribution in [0.3, 0.4) is 0 Å². The van der Waals surface area contributed by atoms with Crippen LogP contribution in [0.1, 0.15) is 17.7 Å². The molecule has 1 saturated heterocycles. The molecule has 1 amide bonds. The van der Waals surface area contributed by atoms with Gasteiger partial charge in [-0.2, -0.15) is 9.61 Å². The molecule has 2 aromatic rings. The van der Waals surface area contributed by atoms with Crippen LogP contribution in [-0.4, -0.2) is 66.8 Å². The maximum atomic E-state index is 12.3. The Morgan fingerprint density at radius 1 is 1.31 bits per heavy atom. The van der Waals surface area contributed by atoms with Crippen LogP contribution < -0.4 is 20.9 Å². The summed E-state index contributed by atoms with van der Waals surface area (Å²) in [6.45, 7) is 5.06. The second kappa shape index (κ2) is 7.59. The summed E-state index contributed by atoms with van der Waals surface area (Å²) in [5, 5.41) is 14.1. The van der Waals surface area contributed by atoms with Gasteiger partial charge in [0.05, 0.1) is 17.8 Å². The number of aromatic nitrogens is 3. The monoisotopic (exact) mass is 357 g/mol. The average molecular weight is 357 g/mol. The van der Waals surface area contributed by atoms with Gasteiger partial charge in [0.25, 0.3) is 0 Å². The van der Waals surface area contributed by atoms with Crippen molar-refractivity contribution in [1.82, 2.24) is 30.5 Å². The number of amides is 1. The fourth-order valence-electron chi connectivity index (χ4n) is 3.78. The Morgan fingerprint density at radius 3 is 3.00 bits per heavy atom. The van der Waals surface area contributed by atoms with Crippen molar-refractivity contribution in [3.8, 4) is 0 Å². The van der Waals surface area contributed by atoms with Crippen molar-refractivity contribution in [1.29, 1.82) is 0 Å². The molecule has 140 valence electrons. The lowest BCUT2D eigenvalue weighted by molar-refractivity contribution is -0.125. The van der Waals surface area contributed by atoms with Crippen LogP contribution in [0.2, 0.25) is 0 Å². The summed E-state index contributed by atoms with van der Waals surface area (Å²) in [6.07, 6.45) is 4.64. The van der Waals surface area contributed by atoms with Crippen molar-refractivity contribution in [2.24, 2.45) is 5.92 Å². The highest BCUT2D eigenvalue weighted by Gasteiger charge is 2.36. The highest BCUT2D eigenvalue weighted by Crippen LogP contribution is 2.31. The van der Waals surface area contributed by atoms with Crippen molar-refractivity contribution in [3.63, 3.8) is 0 Å². The number of nitrogens with zero attached hydrogens (tertiary/aromatic N) is 4. The van der Waals surface area contributed by atoms with Gasteiger partial charge in [0.15, 0.2) is 5.65 Å². The average Bonchev–Trinajstić information content (AvgIpc) is 2.94. The van der Waals surface area contributed by atoms with Crippen molar-refractivity contribution >= 4 is 17.4 Å². The summed E-state index contributed by atoms with van der Waals surface area (Å²) in [4.78, 5) is 19.4. The van der Waals surface area contributed by atoms with Gasteiger partial charge in [0.2, 0.25) is 5.91 Å². The summed E-state index contributed by atoms with van der Waals surface area (Å²) in [5.41, 5.74) is 3.33. The summed E-state index contributed by atoms with van der Waals surface area (Å²) in [7, 11) is 1.93. The lowest BCUT2D eigenvalue weighted by atomic mass is 9.97. The van der Waals surface area contributed by atoms with Gasteiger partial charge in [-0.3, -0.25) is 4.79 Å². The van der Waals surface area contributed by atoms with Crippen LogP contribution >= 0.6 is 0 Å². The van der Waals surface area contributed by atoms with Crippen LogP contribution in [0, 0.1) is 5.92 Å². The van der Waals surface area contributed by atoms with Gasteiger partial charge in [-0.25, -0.2) is 4.98 Å². The van der Waals surface area contributed by atoms with Crippen LogP contribution in [0.5, 0.6) is 0 Å². The van der Waals surface area contributed by atoms with E-state index in [0.29, 0.717) is 0 Å². The van der Waals surface area contributed by atoms with Gasteiger partial charge in [-0.15, -0.1) is 0 Å². The van der Waals surface area contributed by atoms with Gasteiger partial charge in [0.1, 0.15) is 5.82 Å². The van der Waals surface area contributed by atoms with Gasteiger partial charge in [0, 0.05) is 44.2 Å². The van der Waals surface area contributed by atoms with Crippen LogP contribution in [-0.2, 0) is 17.6 Å². The Morgan fingerprint density at radius 2 is 2.15 bits per heavy atom. The fraction of sp³-hybridized carbons (Fsp3) is 0.611. The van der Waals surface area contributed by atoms with E-state index in [9.17, 15) is 4.79 Å². The molecule has 2 aromatic heterocycles. The second-order valence-corrected chi connectivity index (χ2v) is 7.06. The first-order valence-electron chi connectivity index (χ1n) is 9.51. The number of rotatable bonds is 6. The first-order valence-corrected chi connectivity index (χ1v) is 9.51. The predicted octanol–water partition coefficient (Wildman–Crippen LogP) is -0.421. The first kappa shape index (κ1) is 17.2. The molecule has 2 aliphatic rings. The van der Waals surface area contributed by atoms with Crippen molar-refractivity contribution < 1.29 is 4.79 Å². The molecule has 8 heteroatoms. The van der Waals surface area contributed by atoms with E-state index in [1.807, 2.05) is 17.6 Å². The minimum atomic E-state index is 0.0583. The maximum absolute atomic E-state index is 12.3. The summed E-state index contributed by atoms with van der Waals surface area (Å²) < 4.78 is 1.94. The molecular weight excluding hydrogens is 330 g/mol. The van der Waals surface area contributed by atoms with Crippen LogP contribution in [0.4, 0.5) is 5.82 Å². The third kappa shape index (κ3) is 3.26. The second-order valence-electron chi connectivity index (χ2n) is 7.06. The molecule has 4 rings (SSSR count). The molecule has 1 fully saturated rings. The zero-order chi connectivity index (χ0) is 17.9. The smallest absolute Gasteiger partial charge is 0.226 e. The van der Waals surface area contributed by atoms with E-state index in [4.69, 9.17) is 4.98 Å². The highest BCUT2D eigenvalue weighted by atomic mass is 16.2. The quantitative estimate of drug-likeness (QED) is 0.609. The lowest BCUT2D eigenvalue weighted by Crippen LogP contribution is -2.55. The molecule has 0 bridgehead atoms. The number of hydrogen-bond acceptors (Lipinski definition) is 6. The highest BCUT2D eigenvalue weighted by molar-refractivity contribution is 5.82. The van der Waals surface area contributed by atoms with Crippen LogP contribution in [0.15, 0.2) is 12.3 Å². The molecule has 4 heterocycles. The number of fused-ring (bicyclic) bond motifs is 2. The Balaban J connectivity index is 1.49. The topological polar surface area (TPSA) is 86.6 Å². The Labute approximate surface area is 153 Å². The molecule has 0 saturated carbocycles. The van der Waals surface area contributed by atoms with Gasteiger partial charge in [-0.05, 0) is 33.0 Å². The van der Waals surface area contributed by atoms with Gasteiger partial charge >= 0.3 is 0 Å². The molecule has 3 N–H and O–H groups in total. The molecule has 0 radical (unpaired) electrons. The van der Waals surface area contributed by atoms with Gasteiger partial charge in [-0.1, -0.05) is 0 Å². The molecule has 0 unspecified atom stereocenters. The van der Waals surface area contributed by atoms with Crippen molar-refractivity contribution in [2.45, 2.75) is 19.3 Å². The maximum Gasteiger partial charge on any atom is 0.226 e. The zero-order valence-corrected chi connectivity index (χ0v) is 15.3. The van der Waals surface area contributed by atoms with E-state index >= 15 is 0 Å². The minimum absolute atomic E-state index is 0.0583. The Bertz CT molecular complexity index is 781. The fourth-order valence-corrected chi connectivity index (χ4v) is 3.78. The SMILES string of the molecule is CNCCCNC(=O)C1CN(c2c3c(nc4ccnn24)CCNCC3)C1. The predicted molar refractivity (Wildman–Crippen MR) is 101 cm³/mol. The number of carbonyl (C=O) groups excluding carboxylic acids is 1. The minimum Gasteiger partial charge on any atom is -0.356 e. The summed E-state index contributed by atoms with van der Waals surface area (Å²) >= 11 is 0. The zero-order valence-electron chi connectivity index (χ0n) is 15.3. The van der Waals surface area contributed by atoms with E-state index in [2.05, 4.69) is 25.9 Å². The van der Waals surface area contributed by atoms with E-state index < -0.39 is 0 Å². The molecule has 26 heavy (non-hydrogen) atoms. The molecule has 2 aliphatic heterocycles. The lowest BCUT2D eigenvalue weighted by Gasteiger charge is -2.41. The third-order valence-electron chi connectivity index (χ3n) is 5.24. The van der Waals surface area contributed by atoms with E-state index in [1.165, 1.54) is 5.56 Å². The number of carbonyl (C=O) groups is 1. The molecule has 8 nitrogen and oxygen atoms in total. The van der Waals surface area contributed by atoms with Gasteiger partial charge < -0.3 is 20.9 Å². The van der Waals surface area contributed by atoms with Crippen LogP contribution in [0.25, 0.3) is 5.65 Å². The normalized spacial score (nSPS) is 17.7. The van der Waals surface area contributed by atoms with Crippen molar-refractivity contribution in [2.75, 3.05) is 51.2 Å². The van der Waals surface area contributed by atoms with E-state index in [0.717, 1.165) is 75.7 Å². The molecular formula is C18H27N7O. The largest absolute Gasteiger partial charge is 0.356 e. The standard InChI is InChI=1S/C18H27N7O/c1-19-6-2-7-21-17(26)13-11-24(12-13)18-14-3-8-20-9-4-15(14)23-16-5-10-22-25(16)18/h5,10,13,19-20H,2-4,6-9,11-12H2,1H3,(H,21,26). The molecule has 0 aromatic carbocycles.